The molecule has 0 aliphatic heterocycles. The van der Waals surface area contributed by atoms with E-state index in [2.05, 4.69) is 16.4 Å². The number of aromatic nitrogens is 1. The highest BCUT2D eigenvalue weighted by molar-refractivity contribution is 5.30. The van der Waals surface area contributed by atoms with Crippen LogP contribution >= 0.6 is 0 Å². The summed E-state index contributed by atoms with van der Waals surface area (Å²) in [5.74, 6) is 0. The summed E-state index contributed by atoms with van der Waals surface area (Å²) in [6.07, 6.45) is 8.03. The third kappa shape index (κ3) is 4.02. The second-order valence-corrected chi connectivity index (χ2v) is 5.37. The highest BCUT2D eigenvalue weighted by atomic mass is 16.3. The Hall–Kier alpha value is -1.44. The normalized spacial score (nSPS) is 18.5. The summed E-state index contributed by atoms with van der Waals surface area (Å²) in [5, 5.41) is 22.8. The minimum Gasteiger partial charge on any atom is -0.389 e. The fraction of sp³-hybridized carbons (Fsp3) is 0.600. The molecule has 19 heavy (non-hydrogen) atoms. The summed E-state index contributed by atoms with van der Waals surface area (Å²) < 4.78 is 0. The van der Waals surface area contributed by atoms with Gasteiger partial charge in [0, 0.05) is 24.8 Å². The lowest BCUT2D eigenvalue weighted by molar-refractivity contribution is 0.0250. The summed E-state index contributed by atoms with van der Waals surface area (Å²) in [7, 11) is 0. The smallest absolute Gasteiger partial charge is 0.144 e. The van der Waals surface area contributed by atoms with Crippen LogP contribution in [0, 0.1) is 11.3 Å². The van der Waals surface area contributed by atoms with E-state index in [1.54, 1.807) is 6.20 Å². The van der Waals surface area contributed by atoms with Crippen molar-refractivity contribution in [3.8, 4) is 6.07 Å². The van der Waals surface area contributed by atoms with Crippen LogP contribution in [0.1, 0.15) is 49.8 Å². The topological polar surface area (TPSA) is 68.9 Å². The number of aliphatic hydroxyl groups is 1. The van der Waals surface area contributed by atoms with Gasteiger partial charge >= 0.3 is 0 Å². The van der Waals surface area contributed by atoms with Gasteiger partial charge in [-0.2, -0.15) is 5.26 Å². The minimum atomic E-state index is -0.578. The van der Waals surface area contributed by atoms with Crippen molar-refractivity contribution in [2.45, 2.75) is 50.7 Å². The Morgan fingerprint density at radius 3 is 2.74 bits per heavy atom. The molecule has 0 atom stereocenters. The van der Waals surface area contributed by atoms with Gasteiger partial charge in [0.25, 0.3) is 0 Å². The van der Waals surface area contributed by atoms with Crippen molar-refractivity contribution in [2.24, 2.45) is 0 Å². The highest BCUT2D eigenvalue weighted by Gasteiger charge is 2.27. The molecular weight excluding hydrogens is 238 g/mol. The van der Waals surface area contributed by atoms with Gasteiger partial charge in [-0.3, -0.25) is 0 Å². The average molecular weight is 259 g/mol. The van der Waals surface area contributed by atoms with Crippen molar-refractivity contribution in [1.82, 2.24) is 10.3 Å². The summed E-state index contributed by atoms with van der Waals surface area (Å²) in [6, 6.07) is 5.82. The molecule has 1 saturated carbocycles. The minimum absolute atomic E-state index is 0.461. The van der Waals surface area contributed by atoms with Crippen LogP contribution in [0.25, 0.3) is 0 Å². The average Bonchev–Trinajstić information content (AvgIpc) is 2.64. The van der Waals surface area contributed by atoms with Crippen molar-refractivity contribution < 1.29 is 5.11 Å². The third-order valence-electron chi connectivity index (χ3n) is 3.80. The molecule has 4 heteroatoms. The van der Waals surface area contributed by atoms with Crippen LogP contribution in [0.5, 0.6) is 0 Å². The van der Waals surface area contributed by atoms with Crippen LogP contribution in [0.3, 0.4) is 0 Å². The van der Waals surface area contributed by atoms with E-state index in [4.69, 9.17) is 5.26 Å². The molecule has 0 unspecified atom stereocenters. The van der Waals surface area contributed by atoms with E-state index >= 15 is 0 Å². The monoisotopic (exact) mass is 259 g/mol. The predicted molar refractivity (Wildman–Crippen MR) is 73.3 cm³/mol. The quantitative estimate of drug-likeness (QED) is 0.813. The van der Waals surface area contributed by atoms with Crippen LogP contribution in [0.2, 0.25) is 0 Å². The van der Waals surface area contributed by atoms with Gasteiger partial charge in [-0.25, -0.2) is 4.98 Å². The van der Waals surface area contributed by atoms with Crippen LogP contribution in [0.15, 0.2) is 18.3 Å². The molecule has 0 spiro atoms. The van der Waals surface area contributed by atoms with Crippen molar-refractivity contribution in [2.75, 3.05) is 6.54 Å². The number of nitriles is 1. The Morgan fingerprint density at radius 2 is 2.05 bits per heavy atom. The molecule has 1 aromatic heterocycles. The second-order valence-electron chi connectivity index (χ2n) is 5.37. The van der Waals surface area contributed by atoms with Crippen LogP contribution in [0.4, 0.5) is 0 Å². The first-order valence-corrected chi connectivity index (χ1v) is 7.01. The molecule has 1 aromatic rings. The van der Waals surface area contributed by atoms with Gasteiger partial charge in [0.15, 0.2) is 0 Å². The number of hydrogen-bond acceptors (Lipinski definition) is 4. The lowest BCUT2D eigenvalue weighted by Crippen LogP contribution is -2.40. The van der Waals surface area contributed by atoms with E-state index in [-0.39, 0.29) is 0 Å². The van der Waals surface area contributed by atoms with Gasteiger partial charge in [-0.15, -0.1) is 0 Å². The van der Waals surface area contributed by atoms with Gasteiger partial charge < -0.3 is 10.4 Å². The summed E-state index contributed by atoms with van der Waals surface area (Å²) in [5.41, 5.74) is 0.774. The molecular formula is C15H21N3O. The van der Waals surface area contributed by atoms with Crippen molar-refractivity contribution >= 4 is 0 Å². The third-order valence-corrected chi connectivity index (χ3v) is 3.80. The van der Waals surface area contributed by atoms with Gasteiger partial charge in [0.2, 0.25) is 0 Å². The standard InChI is InChI=1S/C15H21N3O/c16-10-14-13(6-5-9-18-14)11-17-12-15(19)7-3-1-2-4-8-15/h5-6,9,17,19H,1-4,7-8,11-12H2. The maximum Gasteiger partial charge on any atom is 0.144 e. The number of hydrogen-bond donors (Lipinski definition) is 2. The molecule has 0 bridgehead atoms. The number of pyridine rings is 1. The highest BCUT2D eigenvalue weighted by Crippen LogP contribution is 2.26. The molecule has 1 fully saturated rings. The molecule has 0 saturated heterocycles. The first-order chi connectivity index (χ1) is 9.23. The molecule has 1 aliphatic rings. The maximum atomic E-state index is 10.5. The fourth-order valence-corrected chi connectivity index (χ4v) is 2.68. The zero-order valence-corrected chi connectivity index (χ0v) is 11.2. The molecule has 4 nitrogen and oxygen atoms in total. The first-order valence-electron chi connectivity index (χ1n) is 7.01. The Bertz CT molecular complexity index is 445. The molecule has 0 radical (unpaired) electrons. The Morgan fingerprint density at radius 1 is 1.32 bits per heavy atom. The zero-order valence-electron chi connectivity index (χ0n) is 11.2. The predicted octanol–water partition coefficient (Wildman–Crippen LogP) is 2.13. The molecule has 102 valence electrons. The molecule has 1 aliphatic carbocycles. The van der Waals surface area contributed by atoms with E-state index < -0.39 is 5.60 Å². The SMILES string of the molecule is N#Cc1ncccc1CNCC1(O)CCCCCC1. The summed E-state index contributed by atoms with van der Waals surface area (Å²) in [6.45, 7) is 1.17. The van der Waals surface area contributed by atoms with E-state index in [1.807, 2.05) is 12.1 Å². The van der Waals surface area contributed by atoms with E-state index in [0.29, 0.717) is 18.8 Å². The zero-order chi connectivity index (χ0) is 13.6. The molecule has 1 heterocycles. The Kier molecular flexibility index (Phi) is 4.89. The number of nitrogens with one attached hydrogen (secondary N) is 1. The van der Waals surface area contributed by atoms with Crippen molar-refractivity contribution in [3.63, 3.8) is 0 Å². The van der Waals surface area contributed by atoms with Crippen molar-refractivity contribution in [1.29, 1.82) is 5.26 Å². The number of rotatable bonds is 4. The van der Waals surface area contributed by atoms with E-state index in [1.165, 1.54) is 12.8 Å². The van der Waals surface area contributed by atoms with Crippen LogP contribution in [-0.4, -0.2) is 22.2 Å². The van der Waals surface area contributed by atoms with Gasteiger partial charge in [-0.1, -0.05) is 31.7 Å². The fourth-order valence-electron chi connectivity index (χ4n) is 2.68. The van der Waals surface area contributed by atoms with Gasteiger partial charge in [0.05, 0.1) is 5.60 Å². The maximum absolute atomic E-state index is 10.5. The Labute approximate surface area is 114 Å². The van der Waals surface area contributed by atoms with Gasteiger partial charge in [-0.05, 0) is 18.9 Å². The second kappa shape index (κ2) is 6.65. The summed E-state index contributed by atoms with van der Waals surface area (Å²) in [4.78, 5) is 4.03. The largest absolute Gasteiger partial charge is 0.389 e. The van der Waals surface area contributed by atoms with Crippen LogP contribution < -0.4 is 5.32 Å². The van der Waals surface area contributed by atoms with Crippen LogP contribution in [-0.2, 0) is 6.54 Å². The lowest BCUT2D eigenvalue weighted by Gasteiger charge is -2.27. The lowest BCUT2D eigenvalue weighted by atomic mass is 9.94. The first kappa shape index (κ1) is 14.0. The van der Waals surface area contributed by atoms with Gasteiger partial charge in [0.1, 0.15) is 11.8 Å². The van der Waals surface area contributed by atoms with Crippen molar-refractivity contribution in [3.05, 3.63) is 29.6 Å². The molecule has 2 rings (SSSR count). The molecule has 0 aromatic carbocycles. The summed E-state index contributed by atoms with van der Waals surface area (Å²) >= 11 is 0. The molecule has 0 amide bonds. The van der Waals surface area contributed by atoms with E-state index in [0.717, 1.165) is 31.2 Å². The van der Waals surface area contributed by atoms with E-state index in [9.17, 15) is 5.11 Å². The Balaban J connectivity index is 1.87. The number of nitrogens with zero attached hydrogens (tertiary/aromatic N) is 2. The molecule has 2 N–H and O–H groups in total.